The Bertz CT molecular complexity index is 581. The summed E-state index contributed by atoms with van der Waals surface area (Å²) in [5.74, 6) is 0.877. The van der Waals surface area contributed by atoms with Crippen molar-refractivity contribution in [3.05, 3.63) is 21.9 Å². The lowest BCUT2D eigenvalue weighted by Crippen LogP contribution is -2.21. The molecule has 0 fully saturated rings. The predicted molar refractivity (Wildman–Crippen MR) is 55.8 cm³/mol. The van der Waals surface area contributed by atoms with Crippen molar-refractivity contribution >= 4 is 11.0 Å². The average molecular weight is 204 g/mol. The Balaban J connectivity index is 2.44. The Kier molecular flexibility index (Phi) is 1.68. The van der Waals surface area contributed by atoms with E-state index in [1.807, 2.05) is 6.92 Å². The molecule has 0 radical (unpaired) electrons. The van der Waals surface area contributed by atoms with Gasteiger partial charge < -0.3 is 0 Å². The molecule has 0 spiro atoms. The molecule has 2 aromatic heterocycles. The Morgan fingerprint density at radius 1 is 1.53 bits per heavy atom. The quantitative estimate of drug-likeness (QED) is 0.741. The fourth-order valence-electron chi connectivity index (χ4n) is 2.18. The number of aromatic nitrogens is 4. The van der Waals surface area contributed by atoms with Gasteiger partial charge in [-0.2, -0.15) is 5.10 Å². The highest BCUT2D eigenvalue weighted by Crippen LogP contribution is 2.15. The average Bonchev–Trinajstić information content (AvgIpc) is 2.83. The first-order valence-electron chi connectivity index (χ1n) is 5.28. The summed E-state index contributed by atoms with van der Waals surface area (Å²) in [4.78, 5) is 16.5. The van der Waals surface area contributed by atoms with Crippen molar-refractivity contribution in [2.45, 2.75) is 32.7 Å². The standard InChI is InChI=1S/C10H12N4O/c1-2-6-8-9(13-12-6)11-7-4-3-5-14(7)10(8)15/h2-5H2,1H3,(H,12,13). The van der Waals surface area contributed by atoms with Gasteiger partial charge in [0.25, 0.3) is 5.56 Å². The van der Waals surface area contributed by atoms with Crippen molar-refractivity contribution in [3.8, 4) is 0 Å². The lowest BCUT2D eigenvalue weighted by atomic mass is 10.2. The smallest absolute Gasteiger partial charge is 0.264 e. The minimum atomic E-state index is 0.0677. The van der Waals surface area contributed by atoms with Crippen LogP contribution in [-0.2, 0) is 19.4 Å². The molecule has 0 bridgehead atoms. The van der Waals surface area contributed by atoms with Crippen molar-refractivity contribution in [2.75, 3.05) is 0 Å². The van der Waals surface area contributed by atoms with Crippen LogP contribution in [0.15, 0.2) is 4.79 Å². The molecule has 78 valence electrons. The summed E-state index contributed by atoms with van der Waals surface area (Å²) in [6.07, 6.45) is 2.69. The molecule has 0 aromatic carbocycles. The number of nitrogens with one attached hydrogen (secondary N) is 1. The molecule has 3 heterocycles. The molecule has 1 aliphatic heterocycles. The van der Waals surface area contributed by atoms with Crippen molar-refractivity contribution in [1.29, 1.82) is 0 Å². The van der Waals surface area contributed by atoms with E-state index < -0.39 is 0 Å². The largest absolute Gasteiger partial charge is 0.296 e. The van der Waals surface area contributed by atoms with E-state index in [0.717, 1.165) is 37.3 Å². The van der Waals surface area contributed by atoms with Gasteiger partial charge >= 0.3 is 0 Å². The van der Waals surface area contributed by atoms with Gasteiger partial charge in [0.15, 0.2) is 5.65 Å². The SMILES string of the molecule is CCc1[nH]nc2nc3n(c(=O)c12)CCC3. The van der Waals surface area contributed by atoms with Crippen molar-refractivity contribution < 1.29 is 0 Å². The lowest BCUT2D eigenvalue weighted by molar-refractivity contribution is 0.719. The summed E-state index contributed by atoms with van der Waals surface area (Å²) in [6, 6.07) is 0. The van der Waals surface area contributed by atoms with Crippen LogP contribution in [-0.4, -0.2) is 19.7 Å². The van der Waals surface area contributed by atoms with Crippen LogP contribution in [0.3, 0.4) is 0 Å². The molecule has 2 aromatic rings. The van der Waals surface area contributed by atoms with Crippen LogP contribution in [0.2, 0.25) is 0 Å². The number of H-pyrrole nitrogens is 1. The van der Waals surface area contributed by atoms with Crippen molar-refractivity contribution in [3.63, 3.8) is 0 Å². The Morgan fingerprint density at radius 3 is 3.20 bits per heavy atom. The van der Waals surface area contributed by atoms with E-state index >= 15 is 0 Å². The zero-order valence-electron chi connectivity index (χ0n) is 8.58. The molecule has 0 aliphatic carbocycles. The Hall–Kier alpha value is -1.65. The second-order valence-electron chi connectivity index (χ2n) is 3.84. The molecule has 5 heteroatoms. The number of aromatic amines is 1. The number of aryl methyl sites for hydroxylation is 2. The van der Waals surface area contributed by atoms with E-state index in [4.69, 9.17) is 0 Å². The van der Waals surface area contributed by atoms with Crippen LogP contribution in [0.4, 0.5) is 0 Å². The van der Waals surface area contributed by atoms with Crippen molar-refractivity contribution in [1.82, 2.24) is 19.7 Å². The fourth-order valence-corrected chi connectivity index (χ4v) is 2.18. The highest BCUT2D eigenvalue weighted by atomic mass is 16.1. The van der Waals surface area contributed by atoms with E-state index in [-0.39, 0.29) is 5.56 Å². The molecular weight excluding hydrogens is 192 g/mol. The van der Waals surface area contributed by atoms with Crippen LogP contribution >= 0.6 is 0 Å². The molecule has 15 heavy (non-hydrogen) atoms. The van der Waals surface area contributed by atoms with Gasteiger partial charge in [0.2, 0.25) is 0 Å². The highest BCUT2D eigenvalue weighted by molar-refractivity contribution is 5.76. The number of nitrogens with zero attached hydrogens (tertiary/aromatic N) is 3. The van der Waals surface area contributed by atoms with Gasteiger partial charge in [0.05, 0.1) is 5.69 Å². The van der Waals surface area contributed by atoms with E-state index in [1.54, 1.807) is 4.57 Å². The minimum absolute atomic E-state index is 0.0677. The van der Waals surface area contributed by atoms with E-state index in [9.17, 15) is 4.79 Å². The molecule has 5 nitrogen and oxygen atoms in total. The second-order valence-corrected chi connectivity index (χ2v) is 3.84. The predicted octanol–water partition coefficient (Wildman–Crippen LogP) is 0.628. The molecule has 0 unspecified atom stereocenters. The number of hydrogen-bond donors (Lipinski definition) is 1. The third-order valence-corrected chi connectivity index (χ3v) is 2.96. The maximum Gasteiger partial charge on any atom is 0.264 e. The molecule has 0 saturated heterocycles. The summed E-state index contributed by atoms with van der Waals surface area (Å²) in [7, 11) is 0. The third kappa shape index (κ3) is 1.06. The second kappa shape index (κ2) is 2.92. The Morgan fingerprint density at radius 2 is 2.40 bits per heavy atom. The zero-order chi connectivity index (χ0) is 10.4. The maximum atomic E-state index is 12.1. The molecule has 0 saturated carbocycles. The van der Waals surface area contributed by atoms with Crippen LogP contribution in [0.25, 0.3) is 11.0 Å². The first-order chi connectivity index (χ1) is 7.31. The van der Waals surface area contributed by atoms with E-state index in [2.05, 4.69) is 15.2 Å². The maximum absolute atomic E-state index is 12.1. The summed E-state index contributed by atoms with van der Waals surface area (Å²) in [5.41, 5.74) is 1.54. The van der Waals surface area contributed by atoms with Gasteiger partial charge in [-0.1, -0.05) is 6.92 Å². The molecule has 0 atom stereocenters. The first kappa shape index (κ1) is 8.64. The minimum Gasteiger partial charge on any atom is -0.296 e. The van der Waals surface area contributed by atoms with Gasteiger partial charge in [0.1, 0.15) is 11.2 Å². The van der Waals surface area contributed by atoms with Gasteiger partial charge in [-0.3, -0.25) is 14.5 Å². The fraction of sp³-hybridized carbons (Fsp3) is 0.500. The molecule has 1 N–H and O–H groups in total. The van der Waals surface area contributed by atoms with Gasteiger partial charge in [-0.05, 0) is 12.8 Å². The normalized spacial score (nSPS) is 14.7. The van der Waals surface area contributed by atoms with Crippen LogP contribution in [0.1, 0.15) is 24.9 Å². The summed E-state index contributed by atoms with van der Waals surface area (Å²) < 4.78 is 1.77. The van der Waals surface area contributed by atoms with Gasteiger partial charge in [-0.25, -0.2) is 4.98 Å². The van der Waals surface area contributed by atoms with Gasteiger partial charge in [-0.15, -0.1) is 0 Å². The topological polar surface area (TPSA) is 63.6 Å². The van der Waals surface area contributed by atoms with Crippen LogP contribution < -0.4 is 5.56 Å². The molecule has 0 amide bonds. The summed E-state index contributed by atoms with van der Waals surface area (Å²) in [5, 5.41) is 7.63. The molecular formula is C10H12N4O. The van der Waals surface area contributed by atoms with Crippen LogP contribution in [0.5, 0.6) is 0 Å². The number of fused-ring (bicyclic) bond motifs is 2. The lowest BCUT2D eigenvalue weighted by Gasteiger charge is -2.01. The summed E-state index contributed by atoms with van der Waals surface area (Å²) >= 11 is 0. The van der Waals surface area contributed by atoms with Crippen LogP contribution in [0, 0.1) is 0 Å². The zero-order valence-corrected chi connectivity index (χ0v) is 8.58. The molecule has 1 aliphatic rings. The Labute approximate surface area is 86.1 Å². The van der Waals surface area contributed by atoms with E-state index in [1.165, 1.54) is 0 Å². The number of hydrogen-bond acceptors (Lipinski definition) is 3. The number of rotatable bonds is 1. The molecule has 3 rings (SSSR count). The first-order valence-corrected chi connectivity index (χ1v) is 5.28. The monoisotopic (exact) mass is 204 g/mol. The van der Waals surface area contributed by atoms with Crippen molar-refractivity contribution in [2.24, 2.45) is 0 Å². The van der Waals surface area contributed by atoms with Gasteiger partial charge in [0, 0.05) is 13.0 Å². The van der Waals surface area contributed by atoms with E-state index in [0.29, 0.717) is 11.0 Å². The third-order valence-electron chi connectivity index (χ3n) is 2.96. The highest BCUT2D eigenvalue weighted by Gasteiger charge is 2.19. The summed E-state index contributed by atoms with van der Waals surface area (Å²) in [6.45, 7) is 2.80.